The smallest absolute Gasteiger partial charge is 0.325 e. The number of amides is 2. The Morgan fingerprint density at radius 1 is 1.06 bits per heavy atom. The van der Waals surface area contributed by atoms with E-state index in [1.807, 2.05) is 0 Å². The molecule has 8 nitrogen and oxygen atoms in total. The maximum absolute atomic E-state index is 11.6. The van der Waals surface area contributed by atoms with Gasteiger partial charge in [-0.1, -0.05) is 0 Å². The van der Waals surface area contributed by atoms with Crippen molar-refractivity contribution in [3.63, 3.8) is 0 Å². The van der Waals surface area contributed by atoms with E-state index >= 15 is 0 Å². The molecule has 0 saturated carbocycles. The summed E-state index contributed by atoms with van der Waals surface area (Å²) >= 11 is 0. The van der Waals surface area contributed by atoms with Crippen molar-refractivity contribution in [2.75, 3.05) is 40.0 Å². The van der Waals surface area contributed by atoms with E-state index in [1.165, 1.54) is 0 Å². The van der Waals surface area contributed by atoms with Crippen LogP contribution in [0.2, 0.25) is 0 Å². The second-order valence-electron chi connectivity index (χ2n) is 4.28. The van der Waals surface area contributed by atoms with Crippen LogP contribution in [0.5, 0.6) is 0 Å². The highest BCUT2D eigenvalue weighted by molar-refractivity contribution is 5.74. The van der Waals surface area contributed by atoms with Gasteiger partial charge in [-0.15, -0.1) is 0 Å². The fraction of sp³-hybridized carbons (Fsp3) is 0.889. The topological polar surface area (TPSA) is 108 Å². The van der Waals surface area contributed by atoms with Crippen molar-refractivity contribution < 1.29 is 25.2 Å². The number of nitrogens with zero attached hydrogens (tertiary/aromatic N) is 3. The molecule has 8 heteroatoms. The molecule has 0 unspecified atom stereocenters. The summed E-state index contributed by atoms with van der Waals surface area (Å²) in [6.07, 6.45) is 0. The zero-order valence-electron chi connectivity index (χ0n) is 9.78. The number of aliphatic hydroxyl groups is 4. The van der Waals surface area contributed by atoms with Gasteiger partial charge in [0.1, 0.15) is 13.5 Å². The fourth-order valence-corrected chi connectivity index (χ4v) is 1.58. The molecule has 1 fully saturated rings. The first-order chi connectivity index (χ1) is 8.02. The minimum Gasteiger partial charge on any atom is -0.394 e. The standard InChI is InChI=1S/C9H19N3O5/c1-9(2-13,3-14)12-4-10(6-15)8(17)11(5-12)7-16/h13-16H,2-7H2,1H3. The summed E-state index contributed by atoms with van der Waals surface area (Å²) in [5, 5.41) is 36.6. The molecule has 0 aromatic heterocycles. The number of hydrogen-bond donors (Lipinski definition) is 4. The Morgan fingerprint density at radius 2 is 1.47 bits per heavy atom. The third kappa shape index (κ3) is 2.67. The Hall–Kier alpha value is -0.930. The molecule has 1 rings (SSSR count). The molecular weight excluding hydrogens is 230 g/mol. The third-order valence-corrected chi connectivity index (χ3v) is 3.01. The molecule has 1 saturated heterocycles. The maximum atomic E-state index is 11.6. The summed E-state index contributed by atoms with van der Waals surface area (Å²) in [6, 6.07) is -0.482. The van der Waals surface area contributed by atoms with E-state index in [0.717, 1.165) is 9.80 Å². The molecule has 0 aromatic rings. The van der Waals surface area contributed by atoms with Gasteiger partial charge < -0.3 is 20.4 Å². The van der Waals surface area contributed by atoms with Gasteiger partial charge in [0.2, 0.25) is 0 Å². The van der Waals surface area contributed by atoms with E-state index in [4.69, 9.17) is 10.2 Å². The Balaban J connectivity index is 2.85. The molecule has 0 aliphatic carbocycles. The Bertz CT molecular complexity index is 255. The number of aliphatic hydroxyl groups excluding tert-OH is 4. The summed E-state index contributed by atoms with van der Waals surface area (Å²) < 4.78 is 0. The van der Waals surface area contributed by atoms with E-state index in [0.29, 0.717) is 0 Å². The molecular formula is C9H19N3O5. The van der Waals surface area contributed by atoms with Crippen LogP contribution in [-0.2, 0) is 0 Å². The lowest BCUT2D eigenvalue weighted by Crippen LogP contribution is -2.65. The van der Waals surface area contributed by atoms with Gasteiger partial charge in [-0.3, -0.25) is 14.7 Å². The Labute approximate surface area is 99.3 Å². The van der Waals surface area contributed by atoms with E-state index in [-0.39, 0.29) is 26.6 Å². The SMILES string of the molecule is CC(CO)(CO)N1CN(CO)C(=O)N(CO)C1. The molecule has 4 N–H and O–H groups in total. The lowest BCUT2D eigenvalue weighted by molar-refractivity contribution is -0.0949. The van der Waals surface area contributed by atoms with Crippen molar-refractivity contribution in [3.8, 4) is 0 Å². The molecule has 2 amide bonds. The van der Waals surface area contributed by atoms with Crippen LogP contribution in [0, 0.1) is 0 Å². The molecule has 0 spiro atoms. The zero-order chi connectivity index (χ0) is 13.1. The van der Waals surface area contributed by atoms with Crippen LogP contribution in [0.3, 0.4) is 0 Å². The van der Waals surface area contributed by atoms with Crippen molar-refractivity contribution in [1.82, 2.24) is 14.7 Å². The van der Waals surface area contributed by atoms with Crippen LogP contribution in [0.25, 0.3) is 0 Å². The quantitative estimate of drug-likeness (QED) is 0.432. The Morgan fingerprint density at radius 3 is 1.76 bits per heavy atom. The predicted octanol–water partition coefficient (Wildman–Crippen LogP) is -2.42. The normalized spacial score (nSPS) is 19.0. The molecule has 0 bridgehead atoms. The van der Waals surface area contributed by atoms with Gasteiger partial charge in [-0.2, -0.15) is 0 Å². The lowest BCUT2D eigenvalue weighted by atomic mass is 10.0. The molecule has 0 aromatic carbocycles. The summed E-state index contributed by atoms with van der Waals surface area (Å²) in [7, 11) is 0. The number of rotatable bonds is 5. The summed E-state index contributed by atoms with van der Waals surface area (Å²) in [5.74, 6) is 0. The second kappa shape index (κ2) is 5.61. The number of carbonyl (C=O) groups excluding carboxylic acids is 1. The molecule has 1 aliphatic heterocycles. The van der Waals surface area contributed by atoms with Gasteiger partial charge in [-0.25, -0.2) is 4.79 Å². The minimum atomic E-state index is -0.915. The fourth-order valence-electron chi connectivity index (χ4n) is 1.58. The van der Waals surface area contributed by atoms with Gasteiger partial charge >= 0.3 is 6.03 Å². The maximum Gasteiger partial charge on any atom is 0.325 e. The summed E-state index contributed by atoms with van der Waals surface area (Å²) in [5.41, 5.74) is -0.915. The van der Waals surface area contributed by atoms with Crippen LogP contribution in [0.1, 0.15) is 6.92 Å². The molecule has 0 radical (unpaired) electrons. The largest absolute Gasteiger partial charge is 0.394 e. The first-order valence-corrected chi connectivity index (χ1v) is 5.24. The molecule has 100 valence electrons. The van der Waals surface area contributed by atoms with Crippen LogP contribution in [0.15, 0.2) is 0 Å². The van der Waals surface area contributed by atoms with Gasteiger partial charge in [0.05, 0.1) is 32.1 Å². The van der Waals surface area contributed by atoms with E-state index in [1.54, 1.807) is 11.8 Å². The van der Waals surface area contributed by atoms with Crippen molar-refractivity contribution in [2.45, 2.75) is 12.5 Å². The lowest BCUT2D eigenvalue weighted by Gasteiger charge is -2.47. The van der Waals surface area contributed by atoms with Crippen LogP contribution < -0.4 is 0 Å². The number of carbonyl (C=O) groups is 1. The van der Waals surface area contributed by atoms with E-state index in [2.05, 4.69) is 0 Å². The van der Waals surface area contributed by atoms with Crippen molar-refractivity contribution in [1.29, 1.82) is 0 Å². The molecule has 1 heterocycles. The first kappa shape index (κ1) is 14.1. The number of hydrogen-bond acceptors (Lipinski definition) is 6. The van der Waals surface area contributed by atoms with Crippen molar-refractivity contribution in [2.24, 2.45) is 0 Å². The average Bonchev–Trinajstić information content (AvgIpc) is 2.38. The van der Waals surface area contributed by atoms with Crippen LogP contribution in [-0.4, -0.2) is 86.7 Å². The highest BCUT2D eigenvalue weighted by Crippen LogP contribution is 2.19. The molecule has 0 atom stereocenters. The van der Waals surface area contributed by atoms with Gasteiger partial charge in [0.15, 0.2) is 0 Å². The van der Waals surface area contributed by atoms with Gasteiger partial charge in [-0.05, 0) is 6.92 Å². The monoisotopic (exact) mass is 249 g/mol. The average molecular weight is 249 g/mol. The van der Waals surface area contributed by atoms with Gasteiger partial charge in [0.25, 0.3) is 0 Å². The van der Waals surface area contributed by atoms with Crippen molar-refractivity contribution >= 4 is 6.03 Å². The van der Waals surface area contributed by atoms with Crippen molar-refractivity contribution in [3.05, 3.63) is 0 Å². The minimum absolute atomic E-state index is 0.0868. The molecule has 1 aliphatic rings. The zero-order valence-corrected chi connectivity index (χ0v) is 9.78. The third-order valence-electron chi connectivity index (χ3n) is 3.01. The predicted molar refractivity (Wildman–Crippen MR) is 57.4 cm³/mol. The van der Waals surface area contributed by atoms with Gasteiger partial charge in [0, 0.05) is 0 Å². The number of urea groups is 1. The highest BCUT2D eigenvalue weighted by atomic mass is 16.3. The highest BCUT2D eigenvalue weighted by Gasteiger charge is 2.38. The Kier molecular flexibility index (Phi) is 4.66. The van der Waals surface area contributed by atoms with Crippen LogP contribution >= 0.6 is 0 Å². The second-order valence-corrected chi connectivity index (χ2v) is 4.28. The van der Waals surface area contributed by atoms with E-state index in [9.17, 15) is 15.0 Å². The van der Waals surface area contributed by atoms with E-state index < -0.39 is 25.0 Å². The first-order valence-electron chi connectivity index (χ1n) is 5.24. The molecule has 17 heavy (non-hydrogen) atoms. The summed E-state index contributed by atoms with van der Waals surface area (Å²) in [4.78, 5) is 15.4. The van der Waals surface area contributed by atoms with Crippen LogP contribution in [0.4, 0.5) is 4.79 Å². The summed E-state index contributed by atoms with van der Waals surface area (Å²) in [6.45, 7) is 0.241.